The van der Waals surface area contributed by atoms with Crippen LogP contribution in [0.4, 0.5) is 0 Å². The first-order valence-electron chi connectivity index (χ1n) is 10.1. The Morgan fingerprint density at radius 2 is 2.07 bits per heavy atom. The van der Waals surface area contributed by atoms with Gasteiger partial charge in [-0.2, -0.15) is 0 Å². The molecule has 0 bridgehead atoms. The molecule has 3 N–H and O–H groups in total. The summed E-state index contributed by atoms with van der Waals surface area (Å²) < 4.78 is 1.80. The molecule has 3 aliphatic rings. The zero-order chi connectivity index (χ0) is 20.8. The number of amides is 3. The zero-order valence-electron chi connectivity index (χ0n) is 16.4. The number of likely N-dealkylation sites (tertiary alicyclic amines) is 1. The van der Waals surface area contributed by atoms with Crippen molar-refractivity contribution in [3.8, 4) is 0 Å². The van der Waals surface area contributed by atoms with Crippen LogP contribution in [0.3, 0.4) is 0 Å². The molecule has 3 amide bonds. The van der Waals surface area contributed by atoms with Gasteiger partial charge in [0, 0.05) is 50.4 Å². The number of carbonyl (C=O) groups excluding carboxylic acids is 3. The predicted molar refractivity (Wildman–Crippen MR) is 105 cm³/mol. The summed E-state index contributed by atoms with van der Waals surface area (Å²) in [5.41, 5.74) is 8.87. The fourth-order valence-electron chi connectivity index (χ4n) is 4.66. The number of carbonyl (C=O) groups is 3. The topological polar surface area (TPSA) is 126 Å². The van der Waals surface area contributed by atoms with E-state index in [0.717, 1.165) is 24.2 Å². The highest BCUT2D eigenvalue weighted by atomic mass is 16.2. The van der Waals surface area contributed by atoms with Gasteiger partial charge in [0.2, 0.25) is 11.8 Å². The third kappa shape index (κ3) is 3.27. The van der Waals surface area contributed by atoms with E-state index < -0.39 is 11.9 Å². The lowest BCUT2D eigenvalue weighted by Crippen LogP contribution is -2.52. The van der Waals surface area contributed by atoms with E-state index in [2.05, 4.69) is 20.5 Å². The highest BCUT2D eigenvalue weighted by molar-refractivity contribution is 6.05. The number of benzene rings is 1. The number of nitrogens with zero attached hydrogens (tertiary/aromatic N) is 5. The Balaban J connectivity index is 1.28. The monoisotopic (exact) mass is 409 g/mol. The fourth-order valence-corrected chi connectivity index (χ4v) is 4.66. The van der Waals surface area contributed by atoms with E-state index >= 15 is 0 Å². The molecule has 0 saturated carbocycles. The van der Waals surface area contributed by atoms with Crippen molar-refractivity contribution < 1.29 is 14.4 Å². The van der Waals surface area contributed by atoms with Crippen LogP contribution in [0.1, 0.15) is 40.4 Å². The summed E-state index contributed by atoms with van der Waals surface area (Å²) in [6, 6.07) is 5.34. The van der Waals surface area contributed by atoms with Crippen LogP contribution >= 0.6 is 0 Å². The summed E-state index contributed by atoms with van der Waals surface area (Å²) in [5, 5.41) is 10.3. The lowest BCUT2D eigenvalue weighted by molar-refractivity contribution is -0.136. The second-order valence-electron chi connectivity index (χ2n) is 8.20. The smallest absolute Gasteiger partial charge is 0.255 e. The van der Waals surface area contributed by atoms with Crippen LogP contribution in [0.25, 0.3) is 0 Å². The van der Waals surface area contributed by atoms with Crippen molar-refractivity contribution >= 4 is 17.7 Å². The molecule has 3 aliphatic heterocycles. The third-order valence-electron chi connectivity index (χ3n) is 6.19. The van der Waals surface area contributed by atoms with Crippen LogP contribution in [0, 0.1) is 0 Å². The lowest BCUT2D eigenvalue weighted by Gasteiger charge is -2.29. The largest absolute Gasteiger partial charge is 0.325 e. The van der Waals surface area contributed by atoms with Crippen LogP contribution in [-0.2, 0) is 22.7 Å². The van der Waals surface area contributed by atoms with Crippen molar-refractivity contribution in [2.45, 2.75) is 44.1 Å². The van der Waals surface area contributed by atoms with Gasteiger partial charge < -0.3 is 10.6 Å². The Hall–Kier alpha value is -3.11. The Bertz CT molecular complexity index is 1010. The van der Waals surface area contributed by atoms with Crippen molar-refractivity contribution in [2.75, 3.05) is 13.1 Å². The molecular formula is C20H23N7O3. The first-order valence-corrected chi connectivity index (χ1v) is 10.1. The minimum Gasteiger partial charge on any atom is -0.325 e. The SMILES string of the molecule is N[C@@H]1CN(Cc2ccc3c(c2)C(=O)N(C2CCC(=O)NC2=O)C3)C[C@@H]1n1ccnn1. The number of nitrogens with one attached hydrogen (secondary N) is 1. The molecule has 0 aliphatic carbocycles. The van der Waals surface area contributed by atoms with Gasteiger partial charge in [-0.3, -0.25) is 24.6 Å². The Morgan fingerprint density at radius 3 is 2.83 bits per heavy atom. The van der Waals surface area contributed by atoms with Crippen LogP contribution in [0.15, 0.2) is 30.6 Å². The molecule has 2 aromatic rings. The molecule has 30 heavy (non-hydrogen) atoms. The molecule has 2 fully saturated rings. The molecule has 156 valence electrons. The van der Waals surface area contributed by atoms with E-state index in [1.807, 2.05) is 24.4 Å². The zero-order valence-corrected chi connectivity index (χ0v) is 16.4. The molecule has 3 atom stereocenters. The van der Waals surface area contributed by atoms with Gasteiger partial charge in [0.1, 0.15) is 6.04 Å². The molecule has 0 spiro atoms. The van der Waals surface area contributed by atoms with Crippen LogP contribution in [0.2, 0.25) is 0 Å². The Kier molecular flexibility index (Phi) is 4.59. The summed E-state index contributed by atoms with van der Waals surface area (Å²) in [5.74, 6) is -0.825. The number of hydrogen-bond acceptors (Lipinski definition) is 7. The summed E-state index contributed by atoms with van der Waals surface area (Å²) in [6.45, 7) is 2.57. The number of imide groups is 1. The van der Waals surface area contributed by atoms with Crippen molar-refractivity contribution in [3.63, 3.8) is 0 Å². The van der Waals surface area contributed by atoms with Crippen molar-refractivity contribution in [3.05, 3.63) is 47.3 Å². The average Bonchev–Trinajstić information content (AvgIpc) is 3.43. The van der Waals surface area contributed by atoms with Gasteiger partial charge in [-0.05, 0) is 23.6 Å². The van der Waals surface area contributed by atoms with Gasteiger partial charge in [0.15, 0.2) is 0 Å². The lowest BCUT2D eigenvalue weighted by atomic mass is 10.0. The van der Waals surface area contributed by atoms with E-state index in [1.165, 1.54) is 0 Å². The van der Waals surface area contributed by atoms with E-state index in [4.69, 9.17) is 5.73 Å². The quantitative estimate of drug-likeness (QED) is 0.647. The molecule has 5 rings (SSSR count). The second kappa shape index (κ2) is 7.29. The summed E-state index contributed by atoms with van der Waals surface area (Å²) in [6.07, 6.45) is 4.10. The maximum absolute atomic E-state index is 13.0. The fraction of sp³-hybridized carbons (Fsp3) is 0.450. The number of piperidine rings is 1. The molecule has 4 heterocycles. The number of nitrogens with two attached hydrogens (primary N) is 1. The Labute approximate surface area is 173 Å². The molecule has 1 aromatic carbocycles. The minimum absolute atomic E-state index is 0.0363. The number of rotatable bonds is 4. The average molecular weight is 409 g/mol. The number of fused-ring (bicyclic) bond motifs is 1. The van der Waals surface area contributed by atoms with Gasteiger partial charge in [-0.25, -0.2) is 4.68 Å². The number of hydrogen-bond donors (Lipinski definition) is 2. The normalized spacial score (nSPS) is 26.9. The van der Waals surface area contributed by atoms with E-state index in [0.29, 0.717) is 25.1 Å². The van der Waals surface area contributed by atoms with Crippen LogP contribution in [0.5, 0.6) is 0 Å². The summed E-state index contributed by atoms with van der Waals surface area (Å²) in [4.78, 5) is 40.4. The molecule has 2 saturated heterocycles. The molecule has 1 aromatic heterocycles. The van der Waals surface area contributed by atoms with E-state index in [9.17, 15) is 14.4 Å². The molecular weight excluding hydrogens is 386 g/mol. The van der Waals surface area contributed by atoms with Crippen molar-refractivity contribution in [1.82, 2.24) is 30.1 Å². The summed E-state index contributed by atoms with van der Waals surface area (Å²) >= 11 is 0. The first-order chi connectivity index (χ1) is 14.5. The van der Waals surface area contributed by atoms with Gasteiger partial charge in [-0.15, -0.1) is 5.10 Å². The van der Waals surface area contributed by atoms with E-state index in [-0.39, 0.29) is 30.3 Å². The molecule has 0 radical (unpaired) electrons. The van der Waals surface area contributed by atoms with Crippen molar-refractivity contribution in [2.24, 2.45) is 5.73 Å². The predicted octanol–water partition coefficient (Wildman–Crippen LogP) is -0.577. The molecule has 10 nitrogen and oxygen atoms in total. The van der Waals surface area contributed by atoms with Crippen LogP contribution < -0.4 is 11.1 Å². The van der Waals surface area contributed by atoms with Gasteiger partial charge >= 0.3 is 0 Å². The highest BCUT2D eigenvalue weighted by Crippen LogP contribution is 2.29. The molecule has 10 heteroatoms. The van der Waals surface area contributed by atoms with Gasteiger partial charge in [0.05, 0.1) is 12.2 Å². The van der Waals surface area contributed by atoms with E-state index in [1.54, 1.807) is 15.8 Å². The standard InChI is InChI=1S/C20H23N7O3/c21-15-10-25(11-17(15)27-6-5-22-24-27)8-12-1-2-13-9-26(20(30)14(13)7-12)16-3-4-18(28)23-19(16)29/h1-2,5-7,15-17H,3-4,8-11,21H2,(H,23,28,29)/t15-,16?,17+/m1/s1. The number of aromatic nitrogens is 3. The second-order valence-corrected chi connectivity index (χ2v) is 8.20. The maximum atomic E-state index is 13.0. The Morgan fingerprint density at radius 1 is 1.20 bits per heavy atom. The first kappa shape index (κ1) is 18.9. The van der Waals surface area contributed by atoms with Gasteiger partial charge in [-0.1, -0.05) is 17.3 Å². The van der Waals surface area contributed by atoms with Crippen LogP contribution in [-0.4, -0.2) is 67.7 Å². The van der Waals surface area contributed by atoms with Gasteiger partial charge in [0.25, 0.3) is 5.91 Å². The minimum atomic E-state index is -0.592. The molecule has 1 unspecified atom stereocenters. The summed E-state index contributed by atoms with van der Waals surface area (Å²) in [7, 11) is 0. The highest BCUT2D eigenvalue weighted by Gasteiger charge is 2.39. The van der Waals surface area contributed by atoms with Crippen molar-refractivity contribution in [1.29, 1.82) is 0 Å². The third-order valence-corrected chi connectivity index (χ3v) is 6.19. The maximum Gasteiger partial charge on any atom is 0.255 e.